The van der Waals surface area contributed by atoms with Crippen molar-refractivity contribution in [1.82, 2.24) is 5.32 Å². The fourth-order valence-corrected chi connectivity index (χ4v) is 11.7. The molecule has 0 spiro atoms. The lowest BCUT2D eigenvalue weighted by atomic mass is 10.0. The van der Waals surface area contributed by atoms with Crippen LogP contribution in [-0.4, -0.2) is 68.5 Å². The maximum Gasteiger partial charge on any atom is 0.268 e. The minimum absolute atomic E-state index is 0.0156. The van der Waals surface area contributed by atoms with Crippen molar-refractivity contribution in [1.29, 1.82) is 0 Å². The van der Waals surface area contributed by atoms with Crippen LogP contribution in [0.5, 0.6) is 0 Å². The Morgan fingerprint density at radius 1 is 0.443 bits per heavy atom. The molecule has 0 aliphatic rings. The fourth-order valence-electron chi connectivity index (χ4n) is 11.0. The first kappa shape index (κ1) is 78.0. The van der Waals surface area contributed by atoms with Crippen molar-refractivity contribution in [3.63, 3.8) is 0 Å². The molecule has 0 fully saturated rings. The molecule has 0 saturated carbocycles. The van der Waals surface area contributed by atoms with E-state index in [2.05, 4.69) is 43.5 Å². The molecular weight excluding hydrogens is 996 g/mol. The number of aliphatic hydroxyl groups is 1. The Morgan fingerprint density at radius 3 is 1.05 bits per heavy atom. The number of rotatable bonds is 66. The summed E-state index contributed by atoms with van der Waals surface area (Å²) in [5, 5.41) is 14.1. The van der Waals surface area contributed by atoms with Gasteiger partial charge in [0.25, 0.3) is 7.82 Å². The van der Waals surface area contributed by atoms with Gasteiger partial charge < -0.3 is 28.8 Å². The quantitative estimate of drug-likeness (QED) is 0.0272. The summed E-state index contributed by atoms with van der Waals surface area (Å²) in [7, 11) is 1.33. The molecule has 3 atom stereocenters. The van der Waals surface area contributed by atoms with E-state index in [1.165, 1.54) is 295 Å². The van der Waals surface area contributed by atoms with Gasteiger partial charge in [0.15, 0.2) is 0 Å². The lowest BCUT2D eigenvalue weighted by Gasteiger charge is -2.30. The highest BCUT2D eigenvalue weighted by Crippen LogP contribution is 2.38. The number of carbonyl (C=O) groups is 1. The Morgan fingerprint density at radius 2 is 0.734 bits per heavy atom. The number of unbranched alkanes of at least 4 members (excludes halogenated alkanes) is 49. The van der Waals surface area contributed by atoms with Gasteiger partial charge in [-0.15, -0.1) is 0 Å². The van der Waals surface area contributed by atoms with Crippen LogP contribution in [0, 0.1) is 0 Å². The van der Waals surface area contributed by atoms with E-state index in [9.17, 15) is 19.4 Å². The molecule has 1 amide bonds. The zero-order valence-electron chi connectivity index (χ0n) is 53.9. The highest BCUT2D eigenvalue weighted by molar-refractivity contribution is 7.45. The van der Waals surface area contributed by atoms with Gasteiger partial charge in [-0.3, -0.25) is 9.36 Å². The summed E-state index contributed by atoms with van der Waals surface area (Å²) in [5.74, 6) is -0.156. The molecule has 0 aliphatic heterocycles. The third kappa shape index (κ3) is 64.4. The molecule has 8 nitrogen and oxygen atoms in total. The van der Waals surface area contributed by atoms with Gasteiger partial charge >= 0.3 is 0 Å². The van der Waals surface area contributed by atoms with Crippen LogP contribution in [0.3, 0.4) is 0 Å². The average Bonchev–Trinajstić information content (AvgIpc) is 3.42. The van der Waals surface area contributed by atoms with Gasteiger partial charge in [-0.25, -0.2) is 0 Å². The van der Waals surface area contributed by atoms with Gasteiger partial charge in [0.2, 0.25) is 5.91 Å². The predicted molar refractivity (Wildman–Crippen MR) is 344 cm³/mol. The first-order chi connectivity index (χ1) is 38.5. The molecule has 79 heavy (non-hydrogen) atoms. The fraction of sp³-hybridized carbons (Fsp3) is 0.929. The van der Waals surface area contributed by atoms with E-state index in [4.69, 9.17) is 9.05 Å². The highest BCUT2D eigenvalue weighted by Gasteiger charge is 2.24. The van der Waals surface area contributed by atoms with Crippen molar-refractivity contribution in [3.05, 3.63) is 24.3 Å². The molecule has 0 aliphatic carbocycles. The monoisotopic (exact) mass is 1140 g/mol. The Balaban J connectivity index is 3.87. The molecule has 2 N–H and O–H groups in total. The van der Waals surface area contributed by atoms with E-state index in [0.717, 1.165) is 44.9 Å². The van der Waals surface area contributed by atoms with Crippen LogP contribution < -0.4 is 10.2 Å². The van der Waals surface area contributed by atoms with Gasteiger partial charge in [0, 0.05) is 6.42 Å². The first-order valence-corrected chi connectivity index (χ1v) is 36.6. The molecular formula is C70H139N2O6P. The van der Waals surface area contributed by atoms with Crippen molar-refractivity contribution in [2.24, 2.45) is 0 Å². The molecule has 3 unspecified atom stereocenters. The molecule has 0 aromatic heterocycles. The molecule has 0 heterocycles. The molecule has 0 rings (SSSR count). The number of amides is 1. The second kappa shape index (κ2) is 61.5. The Kier molecular flexibility index (Phi) is 60.7. The maximum absolute atomic E-state index is 13.0. The molecule has 0 bridgehead atoms. The number of carbonyl (C=O) groups excluding carboxylic acids is 1. The molecule has 9 heteroatoms. The van der Waals surface area contributed by atoms with Gasteiger partial charge in [0.1, 0.15) is 13.2 Å². The van der Waals surface area contributed by atoms with E-state index < -0.39 is 20.0 Å². The number of nitrogens with zero attached hydrogens (tertiary/aromatic N) is 1. The van der Waals surface area contributed by atoms with Crippen LogP contribution in [0.2, 0.25) is 0 Å². The number of allylic oxidation sites excluding steroid dienone is 4. The predicted octanol–water partition coefficient (Wildman–Crippen LogP) is 21.6. The maximum atomic E-state index is 13.0. The second-order valence-corrected chi connectivity index (χ2v) is 27.0. The van der Waals surface area contributed by atoms with Crippen molar-refractivity contribution in [2.75, 3.05) is 40.9 Å². The number of phosphoric acid groups is 1. The van der Waals surface area contributed by atoms with Crippen LogP contribution in [-0.2, 0) is 18.4 Å². The molecule has 0 radical (unpaired) electrons. The highest BCUT2D eigenvalue weighted by atomic mass is 31.2. The van der Waals surface area contributed by atoms with Crippen LogP contribution in [0.1, 0.15) is 367 Å². The molecule has 0 saturated heterocycles. The van der Waals surface area contributed by atoms with Gasteiger partial charge in [0.05, 0.1) is 39.9 Å². The van der Waals surface area contributed by atoms with E-state index in [1.807, 2.05) is 21.1 Å². The van der Waals surface area contributed by atoms with Crippen LogP contribution in [0.25, 0.3) is 0 Å². The zero-order valence-corrected chi connectivity index (χ0v) is 54.8. The summed E-state index contributed by atoms with van der Waals surface area (Å²) in [6.45, 7) is 4.77. The normalized spacial score (nSPS) is 13.8. The van der Waals surface area contributed by atoms with Crippen LogP contribution in [0.4, 0.5) is 0 Å². The largest absolute Gasteiger partial charge is 0.756 e. The van der Waals surface area contributed by atoms with Crippen molar-refractivity contribution < 1.29 is 32.9 Å². The lowest BCUT2D eigenvalue weighted by molar-refractivity contribution is -0.870. The third-order valence-corrected chi connectivity index (χ3v) is 17.4. The zero-order chi connectivity index (χ0) is 57.7. The van der Waals surface area contributed by atoms with Crippen LogP contribution in [0.15, 0.2) is 24.3 Å². The smallest absolute Gasteiger partial charge is 0.268 e. The lowest BCUT2D eigenvalue weighted by Crippen LogP contribution is -2.46. The molecule has 470 valence electrons. The number of hydrogen-bond donors (Lipinski definition) is 2. The number of likely N-dealkylation sites (N-methyl/N-ethyl adjacent to an activating group) is 1. The molecule has 0 aromatic carbocycles. The third-order valence-electron chi connectivity index (χ3n) is 16.4. The minimum Gasteiger partial charge on any atom is -0.756 e. The second-order valence-electron chi connectivity index (χ2n) is 25.6. The van der Waals surface area contributed by atoms with Gasteiger partial charge in [-0.05, 0) is 44.9 Å². The van der Waals surface area contributed by atoms with Gasteiger partial charge in [-0.1, -0.05) is 340 Å². The SMILES string of the molecule is CCCCCCC/C=C\C/C=C\CCCCCCCCCCCCCCCCCCCCCCCCCCCCCC(=O)NC(COP(=O)([O-])OCC[N+](C)(C)C)C(O)CCCCCCCCCCCCCCCCCCCC. The average molecular weight is 1140 g/mol. The number of hydrogen-bond acceptors (Lipinski definition) is 6. The van der Waals surface area contributed by atoms with Crippen LogP contribution >= 0.6 is 7.82 Å². The number of aliphatic hydroxyl groups excluding tert-OH is 1. The van der Waals surface area contributed by atoms with Crippen molar-refractivity contribution in [2.45, 2.75) is 379 Å². The number of phosphoric ester groups is 1. The Bertz CT molecular complexity index is 1340. The molecule has 0 aromatic rings. The summed E-state index contributed by atoms with van der Waals surface area (Å²) in [5.41, 5.74) is 0. The van der Waals surface area contributed by atoms with Gasteiger partial charge in [-0.2, -0.15) is 0 Å². The summed E-state index contributed by atoms with van der Waals surface area (Å²) >= 11 is 0. The van der Waals surface area contributed by atoms with Crippen molar-refractivity contribution >= 4 is 13.7 Å². The summed E-state index contributed by atoms with van der Waals surface area (Å²) in [6, 6.07) is -0.798. The summed E-state index contributed by atoms with van der Waals surface area (Å²) < 4.78 is 23.5. The topological polar surface area (TPSA) is 108 Å². The minimum atomic E-state index is -4.57. The van der Waals surface area contributed by atoms with E-state index in [-0.39, 0.29) is 19.1 Å². The Hall–Kier alpha value is -1.02. The standard InChI is InChI=1S/C70H139N2O6P/c1-6-8-10-12-14-16-18-20-22-24-26-27-28-29-30-31-32-33-34-35-36-37-38-39-40-41-42-43-44-45-46-48-50-52-54-56-58-60-62-64-70(74)71-68(67-78-79(75,76)77-66-65-72(3,4)5)69(73)63-61-59-57-55-53-51-49-47-25-23-21-19-17-15-13-11-9-7-2/h18,20,24,26,68-69,73H,6-17,19,21-23,25,27-67H2,1-5H3,(H-,71,74,75,76)/b20-18-,26-24-. The van der Waals surface area contributed by atoms with E-state index in [1.54, 1.807) is 0 Å². The Labute approximate surface area is 494 Å². The van der Waals surface area contributed by atoms with Crippen molar-refractivity contribution in [3.8, 4) is 0 Å². The number of nitrogens with one attached hydrogen (secondary N) is 1. The summed E-state index contributed by atoms with van der Waals surface area (Å²) in [6.07, 6.45) is 79.8. The number of quaternary nitrogens is 1. The first-order valence-electron chi connectivity index (χ1n) is 35.2. The van der Waals surface area contributed by atoms with E-state index in [0.29, 0.717) is 23.9 Å². The summed E-state index contributed by atoms with van der Waals surface area (Å²) in [4.78, 5) is 25.6. The van der Waals surface area contributed by atoms with E-state index >= 15 is 0 Å².